The summed E-state index contributed by atoms with van der Waals surface area (Å²) in [6, 6.07) is 0. The van der Waals surface area contributed by atoms with Gasteiger partial charge in [0, 0.05) is 6.92 Å². The zero-order valence-electron chi connectivity index (χ0n) is 10.6. The Kier molecular flexibility index (Phi) is 8.48. The monoisotopic (exact) mass is 213 g/mol. The van der Waals surface area contributed by atoms with E-state index in [1.54, 1.807) is 0 Å². The van der Waals surface area contributed by atoms with Gasteiger partial charge in [0.15, 0.2) is 0 Å². The standard InChI is InChI=1S/C11H24BNO2/c1-5-6-8-12(15-11(2)14)9-7-10-13(3)4/h5-10H2,1-4H3. The normalized spacial score (nSPS) is 10.5. The summed E-state index contributed by atoms with van der Waals surface area (Å²) in [7, 11) is 4.12. The molecule has 0 heterocycles. The Morgan fingerprint density at radius 2 is 1.87 bits per heavy atom. The molecule has 88 valence electrons. The maximum Gasteiger partial charge on any atom is 0.361 e. The molecule has 0 aromatic rings. The summed E-state index contributed by atoms with van der Waals surface area (Å²) in [5.74, 6) is -0.152. The first-order valence-electron chi connectivity index (χ1n) is 5.88. The number of rotatable bonds is 8. The molecule has 0 amide bonds. The SMILES string of the molecule is CCCCB(CCCN(C)C)OC(C)=O. The Balaban J connectivity index is 3.73. The first kappa shape index (κ1) is 14.5. The molecule has 0 rings (SSSR count). The third-order valence-corrected chi connectivity index (χ3v) is 2.34. The van der Waals surface area contributed by atoms with E-state index in [2.05, 4.69) is 25.9 Å². The Hall–Kier alpha value is -0.505. The predicted molar refractivity (Wildman–Crippen MR) is 65.2 cm³/mol. The molecule has 0 aliphatic heterocycles. The zero-order chi connectivity index (χ0) is 11.7. The number of nitrogens with zero attached hydrogens (tertiary/aromatic N) is 1. The van der Waals surface area contributed by atoms with Crippen LogP contribution in [-0.2, 0) is 9.45 Å². The molecular formula is C11H24BNO2. The molecular weight excluding hydrogens is 189 g/mol. The van der Waals surface area contributed by atoms with Crippen LogP contribution in [0, 0.1) is 0 Å². The highest BCUT2D eigenvalue weighted by molar-refractivity contribution is 6.53. The second-order valence-electron chi connectivity index (χ2n) is 4.32. The van der Waals surface area contributed by atoms with E-state index in [1.165, 1.54) is 6.92 Å². The maximum atomic E-state index is 10.9. The largest absolute Gasteiger partial charge is 0.537 e. The van der Waals surface area contributed by atoms with Crippen molar-refractivity contribution in [2.24, 2.45) is 0 Å². The molecule has 0 N–H and O–H groups in total. The number of carbonyl (C=O) groups excluding carboxylic acids is 1. The molecule has 0 aliphatic carbocycles. The molecule has 0 spiro atoms. The molecule has 4 heteroatoms. The minimum Gasteiger partial charge on any atom is -0.537 e. The molecule has 0 aromatic carbocycles. The summed E-state index contributed by atoms with van der Waals surface area (Å²) in [5, 5.41) is 0. The molecule has 0 aliphatic rings. The molecule has 0 saturated carbocycles. The zero-order valence-corrected chi connectivity index (χ0v) is 10.6. The minimum atomic E-state index is -0.152. The van der Waals surface area contributed by atoms with Gasteiger partial charge >= 0.3 is 6.92 Å². The van der Waals surface area contributed by atoms with Crippen molar-refractivity contribution in [2.75, 3.05) is 20.6 Å². The Morgan fingerprint density at radius 1 is 1.27 bits per heavy atom. The summed E-state index contributed by atoms with van der Waals surface area (Å²) >= 11 is 0. The van der Waals surface area contributed by atoms with Gasteiger partial charge in [-0.25, -0.2) is 0 Å². The predicted octanol–water partition coefficient (Wildman–Crippen LogP) is 2.29. The second-order valence-corrected chi connectivity index (χ2v) is 4.32. The van der Waals surface area contributed by atoms with Crippen LogP contribution in [0.2, 0.25) is 12.6 Å². The molecule has 0 saturated heterocycles. The topological polar surface area (TPSA) is 29.5 Å². The van der Waals surface area contributed by atoms with Crippen LogP contribution in [0.15, 0.2) is 0 Å². The molecule has 0 fully saturated rings. The summed E-state index contributed by atoms with van der Waals surface area (Å²) in [4.78, 5) is 13.0. The molecule has 0 radical (unpaired) electrons. The van der Waals surface area contributed by atoms with Crippen molar-refractivity contribution >= 4 is 12.9 Å². The van der Waals surface area contributed by atoms with E-state index in [0.29, 0.717) is 0 Å². The smallest absolute Gasteiger partial charge is 0.361 e. The fraction of sp³-hybridized carbons (Fsp3) is 0.909. The van der Waals surface area contributed by atoms with Gasteiger partial charge in [-0.3, -0.25) is 4.79 Å². The van der Waals surface area contributed by atoms with Crippen molar-refractivity contribution in [2.45, 2.75) is 45.8 Å². The molecule has 3 nitrogen and oxygen atoms in total. The maximum absolute atomic E-state index is 10.9. The van der Waals surface area contributed by atoms with Gasteiger partial charge in [-0.15, -0.1) is 0 Å². The van der Waals surface area contributed by atoms with Crippen molar-refractivity contribution in [1.82, 2.24) is 4.90 Å². The van der Waals surface area contributed by atoms with Crippen LogP contribution in [0.3, 0.4) is 0 Å². The fourth-order valence-corrected chi connectivity index (χ4v) is 1.56. The molecule has 15 heavy (non-hydrogen) atoms. The first-order chi connectivity index (χ1) is 7.06. The Morgan fingerprint density at radius 3 is 2.33 bits per heavy atom. The van der Waals surface area contributed by atoms with E-state index in [4.69, 9.17) is 4.65 Å². The lowest BCUT2D eigenvalue weighted by Gasteiger charge is -2.14. The number of hydrogen-bond acceptors (Lipinski definition) is 3. The summed E-state index contributed by atoms with van der Waals surface area (Å²) < 4.78 is 5.28. The fourth-order valence-electron chi connectivity index (χ4n) is 1.56. The van der Waals surface area contributed by atoms with Gasteiger partial charge in [-0.2, -0.15) is 0 Å². The first-order valence-corrected chi connectivity index (χ1v) is 5.88. The van der Waals surface area contributed by atoms with Gasteiger partial charge in [0.25, 0.3) is 5.97 Å². The average Bonchev–Trinajstić information content (AvgIpc) is 2.12. The van der Waals surface area contributed by atoms with Crippen molar-refractivity contribution < 1.29 is 9.45 Å². The molecule has 0 bridgehead atoms. The Labute approximate surface area is 94.3 Å². The summed E-state index contributed by atoms with van der Waals surface area (Å²) in [5.41, 5.74) is 0. The molecule has 0 aromatic heterocycles. The van der Waals surface area contributed by atoms with Gasteiger partial charge in [0.2, 0.25) is 0 Å². The van der Waals surface area contributed by atoms with Gasteiger partial charge in [-0.1, -0.05) is 19.8 Å². The van der Waals surface area contributed by atoms with Crippen LogP contribution in [0.4, 0.5) is 0 Å². The van der Waals surface area contributed by atoms with Gasteiger partial charge < -0.3 is 9.55 Å². The quantitative estimate of drug-likeness (QED) is 0.579. The average molecular weight is 213 g/mol. The van der Waals surface area contributed by atoms with E-state index >= 15 is 0 Å². The second kappa shape index (κ2) is 8.78. The van der Waals surface area contributed by atoms with Crippen LogP contribution in [-0.4, -0.2) is 38.4 Å². The van der Waals surface area contributed by atoms with Crippen molar-refractivity contribution in [3.8, 4) is 0 Å². The van der Waals surface area contributed by atoms with Crippen LogP contribution < -0.4 is 0 Å². The van der Waals surface area contributed by atoms with E-state index in [-0.39, 0.29) is 12.9 Å². The highest BCUT2D eigenvalue weighted by Crippen LogP contribution is 2.10. The van der Waals surface area contributed by atoms with Crippen molar-refractivity contribution in [3.05, 3.63) is 0 Å². The Bertz CT molecular complexity index is 174. The third kappa shape index (κ3) is 9.79. The lowest BCUT2D eigenvalue weighted by atomic mass is 9.59. The van der Waals surface area contributed by atoms with Gasteiger partial charge in [0.05, 0.1) is 0 Å². The summed E-state index contributed by atoms with van der Waals surface area (Å²) in [6.07, 6.45) is 5.38. The number of hydrogen-bond donors (Lipinski definition) is 0. The van der Waals surface area contributed by atoms with Gasteiger partial charge in [0.1, 0.15) is 0 Å². The van der Waals surface area contributed by atoms with E-state index in [1.807, 2.05) is 0 Å². The number of carbonyl (C=O) groups is 1. The van der Waals surface area contributed by atoms with Crippen LogP contribution in [0.5, 0.6) is 0 Å². The van der Waals surface area contributed by atoms with Crippen LogP contribution in [0.1, 0.15) is 33.1 Å². The third-order valence-electron chi connectivity index (χ3n) is 2.34. The highest BCUT2D eigenvalue weighted by Gasteiger charge is 2.17. The van der Waals surface area contributed by atoms with Crippen LogP contribution >= 0.6 is 0 Å². The van der Waals surface area contributed by atoms with E-state index in [9.17, 15) is 4.79 Å². The van der Waals surface area contributed by atoms with E-state index < -0.39 is 0 Å². The van der Waals surface area contributed by atoms with Crippen LogP contribution in [0.25, 0.3) is 0 Å². The number of unbranched alkanes of at least 4 members (excludes halogenated alkanes) is 1. The molecule has 0 atom stereocenters. The van der Waals surface area contributed by atoms with Crippen molar-refractivity contribution in [3.63, 3.8) is 0 Å². The van der Waals surface area contributed by atoms with Gasteiger partial charge in [-0.05, 0) is 39.7 Å². The lowest BCUT2D eigenvalue weighted by Crippen LogP contribution is -2.23. The van der Waals surface area contributed by atoms with Crippen molar-refractivity contribution in [1.29, 1.82) is 0 Å². The van der Waals surface area contributed by atoms with E-state index in [0.717, 1.165) is 38.4 Å². The summed E-state index contributed by atoms with van der Waals surface area (Å²) in [6.45, 7) is 4.83. The molecule has 0 unspecified atom stereocenters. The minimum absolute atomic E-state index is 0.127. The lowest BCUT2D eigenvalue weighted by molar-refractivity contribution is -0.132. The highest BCUT2D eigenvalue weighted by atomic mass is 16.5.